The van der Waals surface area contributed by atoms with Crippen molar-refractivity contribution in [3.63, 3.8) is 0 Å². The van der Waals surface area contributed by atoms with E-state index in [0.29, 0.717) is 0 Å². The zero-order chi connectivity index (χ0) is 20.9. The van der Waals surface area contributed by atoms with Crippen LogP contribution in [-0.4, -0.2) is 4.57 Å². The van der Waals surface area contributed by atoms with E-state index in [4.69, 9.17) is 0 Å². The number of pyridine rings is 1. The lowest BCUT2D eigenvalue weighted by Gasteiger charge is -2.14. The summed E-state index contributed by atoms with van der Waals surface area (Å²) in [6.07, 6.45) is 2.28. The van der Waals surface area contributed by atoms with Gasteiger partial charge in [-0.15, -0.1) is 0 Å². The molecule has 0 bridgehead atoms. The first-order chi connectivity index (χ1) is 15.2. The Morgan fingerprint density at radius 1 is 0.581 bits per heavy atom. The Morgan fingerprint density at radius 3 is 1.74 bits per heavy atom. The smallest absolute Gasteiger partial charge is 0.220 e. The minimum absolute atomic E-state index is 1.20. The molecule has 2 heteroatoms. The van der Waals surface area contributed by atoms with Crippen LogP contribution in [0.2, 0.25) is 0 Å². The van der Waals surface area contributed by atoms with Gasteiger partial charge >= 0.3 is 0 Å². The molecule has 2 heterocycles. The molecule has 0 unspecified atom stereocenters. The zero-order valence-electron chi connectivity index (χ0n) is 17.7. The molecule has 0 aliphatic heterocycles. The third-order valence-corrected chi connectivity index (χ3v) is 6.35. The van der Waals surface area contributed by atoms with Crippen molar-refractivity contribution in [2.45, 2.75) is 6.92 Å². The number of aromatic nitrogens is 2. The van der Waals surface area contributed by atoms with Gasteiger partial charge in [0.05, 0.1) is 16.4 Å². The lowest BCUT2D eigenvalue weighted by atomic mass is 9.99. The lowest BCUT2D eigenvalue weighted by Crippen LogP contribution is -2.32. The summed E-state index contributed by atoms with van der Waals surface area (Å²) in [5, 5.41) is 5.09. The van der Waals surface area contributed by atoms with Crippen LogP contribution in [0.25, 0.3) is 49.5 Å². The number of hydrogen-bond acceptors (Lipinski definition) is 0. The Morgan fingerprint density at radius 2 is 1.10 bits per heavy atom. The van der Waals surface area contributed by atoms with Crippen molar-refractivity contribution >= 4 is 32.6 Å². The van der Waals surface area contributed by atoms with Gasteiger partial charge in [-0.05, 0) is 36.8 Å². The number of hydrogen-bond donors (Lipinski definition) is 0. The molecule has 0 saturated heterocycles. The molecular formula is C29H23N2+. The predicted molar refractivity (Wildman–Crippen MR) is 130 cm³/mol. The minimum Gasteiger partial charge on any atom is -0.303 e. The fraction of sp³-hybridized carbons (Fsp3) is 0.0690. The van der Waals surface area contributed by atoms with Gasteiger partial charge in [-0.3, -0.25) is 0 Å². The Hall–Kier alpha value is -3.91. The summed E-state index contributed by atoms with van der Waals surface area (Å²) in [5.41, 5.74) is 7.48. The van der Waals surface area contributed by atoms with E-state index in [0.717, 1.165) is 0 Å². The summed E-state index contributed by atoms with van der Waals surface area (Å²) in [6.45, 7) is 2.19. The standard InChI is InChI=1S/C29H23N2/c1-20-11-3-4-12-21(20)29-25-16-6-5-15-24(25)28(19-30(29)2)31-26-17-9-7-13-22(26)23-14-8-10-18-27(23)31/h3-19H,1-2H3/q+1. The SMILES string of the molecule is Cc1ccccc1-c1c2ccccc2c(-n2c3ccccc3c3ccccc32)c[n+]1C. The first kappa shape index (κ1) is 17.9. The molecule has 6 rings (SSSR count). The maximum atomic E-state index is 2.41. The molecule has 2 nitrogen and oxygen atoms in total. The number of fused-ring (bicyclic) bond motifs is 4. The molecule has 148 valence electrons. The normalized spacial score (nSPS) is 11.5. The van der Waals surface area contributed by atoms with E-state index in [9.17, 15) is 0 Å². The van der Waals surface area contributed by atoms with Crippen LogP contribution >= 0.6 is 0 Å². The molecule has 6 aromatic rings. The van der Waals surface area contributed by atoms with E-state index in [-0.39, 0.29) is 0 Å². The van der Waals surface area contributed by atoms with Gasteiger partial charge in [-0.2, -0.15) is 4.57 Å². The van der Waals surface area contributed by atoms with E-state index in [2.05, 4.69) is 126 Å². The highest BCUT2D eigenvalue weighted by Crippen LogP contribution is 2.36. The second kappa shape index (κ2) is 6.82. The third kappa shape index (κ3) is 2.62. The van der Waals surface area contributed by atoms with Crippen LogP contribution in [0, 0.1) is 6.92 Å². The highest BCUT2D eigenvalue weighted by molar-refractivity contribution is 6.11. The largest absolute Gasteiger partial charge is 0.303 e. The van der Waals surface area contributed by atoms with Crippen LogP contribution in [0.1, 0.15) is 5.56 Å². The number of aryl methyl sites for hydroxylation is 2. The third-order valence-electron chi connectivity index (χ3n) is 6.35. The van der Waals surface area contributed by atoms with Crippen molar-refractivity contribution in [1.29, 1.82) is 0 Å². The monoisotopic (exact) mass is 399 g/mol. The van der Waals surface area contributed by atoms with Gasteiger partial charge < -0.3 is 4.57 Å². The van der Waals surface area contributed by atoms with E-state index in [1.807, 2.05) is 0 Å². The zero-order valence-corrected chi connectivity index (χ0v) is 17.7. The van der Waals surface area contributed by atoms with Gasteiger partial charge in [-0.25, -0.2) is 0 Å². The second-order valence-corrected chi connectivity index (χ2v) is 8.20. The number of nitrogens with zero attached hydrogens (tertiary/aromatic N) is 2. The fourth-order valence-corrected chi connectivity index (χ4v) is 4.95. The fourth-order valence-electron chi connectivity index (χ4n) is 4.95. The molecule has 0 atom stereocenters. The van der Waals surface area contributed by atoms with Crippen LogP contribution in [-0.2, 0) is 7.05 Å². The Labute approximate surface area is 181 Å². The summed E-state index contributed by atoms with van der Waals surface area (Å²) in [7, 11) is 2.16. The number of rotatable bonds is 2. The van der Waals surface area contributed by atoms with E-state index in [1.165, 1.54) is 55.1 Å². The van der Waals surface area contributed by atoms with Crippen molar-refractivity contribution in [2.75, 3.05) is 0 Å². The van der Waals surface area contributed by atoms with Crippen LogP contribution in [0.5, 0.6) is 0 Å². The molecule has 0 fully saturated rings. The van der Waals surface area contributed by atoms with Gasteiger partial charge in [0.25, 0.3) is 0 Å². The minimum atomic E-state index is 1.20. The van der Waals surface area contributed by atoms with Crippen LogP contribution in [0.3, 0.4) is 0 Å². The van der Waals surface area contributed by atoms with Crippen molar-refractivity contribution in [2.24, 2.45) is 7.05 Å². The maximum Gasteiger partial charge on any atom is 0.220 e. The van der Waals surface area contributed by atoms with Gasteiger partial charge in [-0.1, -0.05) is 72.8 Å². The van der Waals surface area contributed by atoms with E-state index in [1.54, 1.807) is 0 Å². The number of benzene rings is 4. The molecule has 2 aromatic heterocycles. The van der Waals surface area contributed by atoms with Gasteiger partial charge in [0.1, 0.15) is 12.7 Å². The quantitative estimate of drug-likeness (QED) is 0.285. The molecular weight excluding hydrogens is 376 g/mol. The average Bonchev–Trinajstić information content (AvgIpc) is 3.14. The number of para-hydroxylation sites is 2. The highest BCUT2D eigenvalue weighted by Gasteiger charge is 2.22. The van der Waals surface area contributed by atoms with Crippen LogP contribution < -0.4 is 4.57 Å². The molecule has 0 spiro atoms. The molecule has 0 amide bonds. The van der Waals surface area contributed by atoms with Crippen molar-refractivity contribution in [3.8, 4) is 16.9 Å². The summed E-state index contributed by atoms with van der Waals surface area (Å²) in [4.78, 5) is 0. The Balaban J connectivity index is 1.78. The summed E-state index contributed by atoms with van der Waals surface area (Å²) >= 11 is 0. The topological polar surface area (TPSA) is 8.81 Å². The van der Waals surface area contributed by atoms with Crippen LogP contribution in [0.4, 0.5) is 0 Å². The molecule has 0 saturated carbocycles. The van der Waals surface area contributed by atoms with Crippen molar-refractivity contribution in [1.82, 2.24) is 4.57 Å². The second-order valence-electron chi connectivity index (χ2n) is 8.20. The Bertz CT molecular complexity index is 1550. The molecule has 4 aromatic carbocycles. The van der Waals surface area contributed by atoms with Gasteiger partial charge in [0.15, 0.2) is 6.20 Å². The van der Waals surface area contributed by atoms with Crippen molar-refractivity contribution in [3.05, 3.63) is 109 Å². The molecule has 31 heavy (non-hydrogen) atoms. The van der Waals surface area contributed by atoms with Gasteiger partial charge in [0, 0.05) is 21.7 Å². The Kier molecular flexibility index (Phi) is 3.94. The molecule has 0 radical (unpaired) electrons. The predicted octanol–water partition coefficient (Wildman–Crippen LogP) is 6.74. The highest BCUT2D eigenvalue weighted by atomic mass is 15.0. The van der Waals surface area contributed by atoms with Crippen molar-refractivity contribution < 1.29 is 4.57 Å². The summed E-state index contributed by atoms with van der Waals surface area (Å²) < 4.78 is 4.69. The first-order valence-corrected chi connectivity index (χ1v) is 10.7. The molecule has 0 aliphatic carbocycles. The maximum absolute atomic E-state index is 2.41. The summed E-state index contributed by atoms with van der Waals surface area (Å²) in [6, 6.07) is 34.8. The lowest BCUT2D eigenvalue weighted by molar-refractivity contribution is -0.658. The van der Waals surface area contributed by atoms with E-state index >= 15 is 0 Å². The molecule has 0 N–H and O–H groups in total. The summed E-state index contributed by atoms with van der Waals surface area (Å²) in [5.74, 6) is 0. The molecule has 0 aliphatic rings. The van der Waals surface area contributed by atoms with Gasteiger partial charge in [0.2, 0.25) is 5.69 Å². The van der Waals surface area contributed by atoms with Crippen LogP contribution in [0.15, 0.2) is 103 Å². The van der Waals surface area contributed by atoms with E-state index < -0.39 is 0 Å². The average molecular weight is 400 g/mol. The first-order valence-electron chi connectivity index (χ1n) is 10.7.